The lowest BCUT2D eigenvalue weighted by Gasteiger charge is -2.34. The molecule has 0 saturated heterocycles. The van der Waals surface area contributed by atoms with Gasteiger partial charge in [-0.1, -0.05) is 25.1 Å². The Balaban J connectivity index is 1.95. The van der Waals surface area contributed by atoms with Gasteiger partial charge in [0, 0.05) is 17.1 Å². The van der Waals surface area contributed by atoms with Crippen LogP contribution in [0.15, 0.2) is 30.3 Å². The van der Waals surface area contributed by atoms with Crippen molar-refractivity contribution in [2.75, 3.05) is 5.32 Å². The molecule has 1 aliphatic carbocycles. The molecule has 2 heteroatoms. The number of fused-ring (bicyclic) bond motifs is 1. The van der Waals surface area contributed by atoms with Gasteiger partial charge < -0.3 is 5.32 Å². The maximum atomic E-state index is 4.64. The number of rotatable bonds is 2. The van der Waals surface area contributed by atoms with Gasteiger partial charge >= 0.3 is 0 Å². The summed E-state index contributed by atoms with van der Waals surface area (Å²) < 4.78 is 0. The normalized spacial score (nSPS) is 23.4. The van der Waals surface area contributed by atoms with E-state index in [-0.39, 0.29) is 0 Å². The van der Waals surface area contributed by atoms with Crippen molar-refractivity contribution in [1.29, 1.82) is 0 Å². The SMILES string of the molecule is Cc1ccc2cccc(NC3CC(C)C3)c2n1. The number of anilines is 1. The van der Waals surface area contributed by atoms with E-state index in [4.69, 9.17) is 0 Å². The summed E-state index contributed by atoms with van der Waals surface area (Å²) in [6.45, 7) is 4.35. The molecular weight excluding hydrogens is 208 g/mol. The molecule has 0 radical (unpaired) electrons. The number of aryl methyl sites for hydroxylation is 1. The van der Waals surface area contributed by atoms with Gasteiger partial charge in [0.1, 0.15) is 0 Å². The van der Waals surface area contributed by atoms with Crippen molar-refractivity contribution in [2.24, 2.45) is 5.92 Å². The lowest BCUT2D eigenvalue weighted by Crippen LogP contribution is -2.33. The number of para-hydroxylation sites is 1. The van der Waals surface area contributed by atoms with Gasteiger partial charge in [0.25, 0.3) is 0 Å². The molecule has 0 unspecified atom stereocenters. The van der Waals surface area contributed by atoms with Gasteiger partial charge in [0.2, 0.25) is 0 Å². The van der Waals surface area contributed by atoms with Crippen LogP contribution in [0, 0.1) is 12.8 Å². The Hall–Kier alpha value is -1.57. The highest BCUT2D eigenvalue weighted by Crippen LogP contribution is 2.31. The van der Waals surface area contributed by atoms with Crippen molar-refractivity contribution in [2.45, 2.75) is 32.7 Å². The van der Waals surface area contributed by atoms with Crippen LogP contribution in [0.25, 0.3) is 10.9 Å². The van der Waals surface area contributed by atoms with E-state index in [0.29, 0.717) is 6.04 Å². The molecule has 1 N–H and O–H groups in total. The minimum Gasteiger partial charge on any atom is -0.381 e. The molecular formula is C15H18N2. The second kappa shape index (κ2) is 4.02. The summed E-state index contributed by atoms with van der Waals surface area (Å²) in [5, 5.41) is 4.83. The highest BCUT2D eigenvalue weighted by atomic mass is 15.0. The topological polar surface area (TPSA) is 24.9 Å². The molecule has 1 saturated carbocycles. The minimum atomic E-state index is 0.637. The standard InChI is InChI=1S/C15H18N2/c1-10-8-13(9-10)17-14-5-3-4-12-7-6-11(2)16-15(12)14/h3-7,10,13,17H,8-9H2,1-2H3. The quantitative estimate of drug-likeness (QED) is 0.843. The van der Waals surface area contributed by atoms with E-state index in [2.05, 4.69) is 47.6 Å². The van der Waals surface area contributed by atoms with Crippen molar-refractivity contribution in [3.63, 3.8) is 0 Å². The van der Waals surface area contributed by atoms with E-state index in [1.165, 1.54) is 23.9 Å². The average molecular weight is 226 g/mol. The Bertz CT molecular complexity index is 542. The first-order valence-corrected chi connectivity index (χ1v) is 6.35. The Morgan fingerprint density at radius 2 is 2.00 bits per heavy atom. The number of nitrogens with one attached hydrogen (secondary N) is 1. The molecule has 0 bridgehead atoms. The van der Waals surface area contributed by atoms with Crippen LogP contribution in [0.5, 0.6) is 0 Å². The molecule has 1 fully saturated rings. The van der Waals surface area contributed by atoms with Crippen molar-refractivity contribution >= 4 is 16.6 Å². The van der Waals surface area contributed by atoms with Gasteiger partial charge in [-0.25, -0.2) is 0 Å². The third-order valence-corrected chi connectivity index (χ3v) is 3.59. The Labute approximate surface area is 102 Å². The van der Waals surface area contributed by atoms with Crippen LogP contribution in [-0.2, 0) is 0 Å². The monoisotopic (exact) mass is 226 g/mol. The molecule has 88 valence electrons. The first-order valence-electron chi connectivity index (χ1n) is 6.35. The van der Waals surface area contributed by atoms with Crippen LogP contribution in [0.3, 0.4) is 0 Å². The second-order valence-corrected chi connectivity index (χ2v) is 5.25. The first-order chi connectivity index (χ1) is 8.22. The molecule has 0 spiro atoms. The van der Waals surface area contributed by atoms with E-state index < -0.39 is 0 Å². The summed E-state index contributed by atoms with van der Waals surface area (Å²) >= 11 is 0. The summed E-state index contributed by atoms with van der Waals surface area (Å²) in [7, 11) is 0. The van der Waals surface area contributed by atoms with E-state index in [1.54, 1.807) is 0 Å². The molecule has 2 nitrogen and oxygen atoms in total. The van der Waals surface area contributed by atoms with Crippen molar-refractivity contribution in [3.05, 3.63) is 36.0 Å². The van der Waals surface area contributed by atoms with E-state index in [0.717, 1.165) is 17.1 Å². The van der Waals surface area contributed by atoms with Crippen LogP contribution in [0.1, 0.15) is 25.5 Å². The largest absolute Gasteiger partial charge is 0.381 e. The molecule has 1 heterocycles. The Morgan fingerprint density at radius 3 is 2.76 bits per heavy atom. The molecule has 17 heavy (non-hydrogen) atoms. The number of hydrogen-bond donors (Lipinski definition) is 1. The van der Waals surface area contributed by atoms with Gasteiger partial charge in [-0.3, -0.25) is 4.98 Å². The number of hydrogen-bond acceptors (Lipinski definition) is 2. The van der Waals surface area contributed by atoms with Crippen molar-refractivity contribution < 1.29 is 0 Å². The van der Waals surface area contributed by atoms with Crippen LogP contribution >= 0.6 is 0 Å². The Kier molecular flexibility index (Phi) is 2.50. The number of aromatic nitrogens is 1. The lowest BCUT2D eigenvalue weighted by atomic mass is 9.82. The van der Waals surface area contributed by atoms with Crippen molar-refractivity contribution in [3.8, 4) is 0 Å². The fraction of sp³-hybridized carbons (Fsp3) is 0.400. The molecule has 1 aliphatic rings. The molecule has 2 aromatic rings. The predicted octanol–water partition coefficient (Wildman–Crippen LogP) is 3.75. The first kappa shape index (κ1) is 10.6. The summed E-state index contributed by atoms with van der Waals surface area (Å²) in [5.74, 6) is 0.872. The van der Waals surface area contributed by atoms with Gasteiger partial charge in [-0.15, -0.1) is 0 Å². The number of benzene rings is 1. The highest BCUT2D eigenvalue weighted by Gasteiger charge is 2.25. The van der Waals surface area contributed by atoms with E-state index >= 15 is 0 Å². The van der Waals surface area contributed by atoms with Gasteiger partial charge in [0.15, 0.2) is 0 Å². The summed E-state index contributed by atoms with van der Waals surface area (Å²) in [4.78, 5) is 4.64. The zero-order valence-electron chi connectivity index (χ0n) is 10.4. The van der Waals surface area contributed by atoms with Gasteiger partial charge in [-0.05, 0) is 37.8 Å². The fourth-order valence-electron chi connectivity index (χ4n) is 2.60. The molecule has 3 rings (SSSR count). The van der Waals surface area contributed by atoms with Crippen LogP contribution < -0.4 is 5.32 Å². The van der Waals surface area contributed by atoms with Crippen LogP contribution in [0.4, 0.5) is 5.69 Å². The fourth-order valence-corrected chi connectivity index (χ4v) is 2.60. The third-order valence-electron chi connectivity index (χ3n) is 3.59. The zero-order chi connectivity index (χ0) is 11.8. The van der Waals surface area contributed by atoms with Crippen molar-refractivity contribution in [1.82, 2.24) is 4.98 Å². The average Bonchev–Trinajstić information content (AvgIpc) is 2.28. The second-order valence-electron chi connectivity index (χ2n) is 5.25. The highest BCUT2D eigenvalue weighted by molar-refractivity contribution is 5.90. The molecule has 1 aromatic heterocycles. The smallest absolute Gasteiger partial charge is 0.0936 e. The summed E-state index contributed by atoms with van der Waals surface area (Å²) in [6.07, 6.45) is 2.56. The summed E-state index contributed by atoms with van der Waals surface area (Å²) in [5.41, 5.74) is 3.36. The molecule has 0 amide bonds. The minimum absolute atomic E-state index is 0.637. The van der Waals surface area contributed by atoms with Crippen LogP contribution in [0.2, 0.25) is 0 Å². The Morgan fingerprint density at radius 1 is 1.18 bits per heavy atom. The van der Waals surface area contributed by atoms with Crippen LogP contribution in [-0.4, -0.2) is 11.0 Å². The van der Waals surface area contributed by atoms with E-state index in [1.807, 2.05) is 6.92 Å². The lowest BCUT2D eigenvalue weighted by molar-refractivity contribution is 0.309. The number of pyridine rings is 1. The zero-order valence-corrected chi connectivity index (χ0v) is 10.4. The van der Waals surface area contributed by atoms with Gasteiger partial charge in [-0.2, -0.15) is 0 Å². The van der Waals surface area contributed by atoms with Gasteiger partial charge in [0.05, 0.1) is 11.2 Å². The maximum absolute atomic E-state index is 4.64. The molecule has 0 aliphatic heterocycles. The predicted molar refractivity (Wildman–Crippen MR) is 72.3 cm³/mol. The summed E-state index contributed by atoms with van der Waals surface area (Å²) in [6, 6.07) is 11.2. The number of nitrogens with zero attached hydrogens (tertiary/aromatic N) is 1. The molecule has 1 aromatic carbocycles. The maximum Gasteiger partial charge on any atom is 0.0936 e. The van der Waals surface area contributed by atoms with E-state index in [9.17, 15) is 0 Å². The molecule has 0 atom stereocenters. The third kappa shape index (κ3) is 1.99.